The lowest BCUT2D eigenvalue weighted by atomic mass is 10.1. The molecule has 80 valence electrons. The van der Waals surface area contributed by atoms with Gasteiger partial charge >= 0.3 is 0 Å². The Bertz CT molecular complexity index is 71.2. The molecule has 0 radical (unpaired) electrons. The van der Waals surface area contributed by atoms with Gasteiger partial charge in [0.1, 0.15) is 0 Å². The van der Waals surface area contributed by atoms with E-state index in [1.165, 1.54) is 64.5 Å². The van der Waals surface area contributed by atoms with E-state index in [2.05, 4.69) is 19.2 Å². The summed E-state index contributed by atoms with van der Waals surface area (Å²) >= 11 is 0. The summed E-state index contributed by atoms with van der Waals surface area (Å²) in [4.78, 5) is 0. The Morgan fingerprint density at radius 3 is 1.85 bits per heavy atom. The number of nitrogens with one attached hydrogen (secondary N) is 1. The highest BCUT2D eigenvalue weighted by atomic mass is 14.8. The summed E-state index contributed by atoms with van der Waals surface area (Å²) in [5.74, 6) is 0. The van der Waals surface area contributed by atoms with Crippen LogP contribution in [0.4, 0.5) is 0 Å². The van der Waals surface area contributed by atoms with Crippen molar-refractivity contribution in [1.29, 1.82) is 0 Å². The maximum atomic E-state index is 3.48. The lowest BCUT2D eigenvalue weighted by Gasteiger charge is -2.03. The molecule has 0 aromatic carbocycles. The lowest BCUT2D eigenvalue weighted by Crippen LogP contribution is -2.16. The van der Waals surface area contributed by atoms with E-state index in [9.17, 15) is 0 Å². The van der Waals surface area contributed by atoms with Crippen molar-refractivity contribution in [3.8, 4) is 0 Å². The van der Waals surface area contributed by atoms with Crippen LogP contribution in [-0.2, 0) is 0 Å². The van der Waals surface area contributed by atoms with Crippen LogP contribution in [0.25, 0.3) is 0 Å². The van der Waals surface area contributed by atoms with Gasteiger partial charge in [-0.2, -0.15) is 0 Å². The van der Waals surface area contributed by atoms with E-state index in [1.54, 1.807) is 0 Å². The molecule has 1 nitrogen and oxygen atoms in total. The molecule has 0 fully saturated rings. The highest BCUT2D eigenvalue weighted by Crippen LogP contribution is 2.03. The standard InChI is InChI=1S/C12H27N/c1-3-5-7-8-9-10-12-13-11-6-4-2/h13H,3-12H2,1-2H3. The van der Waals surface area contributed by atoms with Crippen LogP contribution in [0.15, 0.2) is 0 Å². The Balaban J connectivity index is 2.76. The molecule has 0 aliphatic rings. The first-order valence-electron chi connectivity index (χ1n) is 6.12. The van der Waals surface area contributed by atoms with E-state index >= 15 is 0 Å². The van der Waals surface area contributed by atoms with Crippen LogP contribution in [-0.4, -0.2) is 13.1 Å². The molecule has 0 unspecified atom stereocenters. The van der Waals surface area contributed by atoms with E-state index in [0.29, 0.717) is 0 Å². The second kappa shape index (κ2) is 12.0. The minimum Gasteiger partial charge on any atom is -0.317 e. The van der Waals surface area contributed by atoms with Gasteiger partial charge in [-0.3, -0.25) is 0 Å². The van der Waals surface area contributed by atoms with E-state index in [4.69, 9.17) is 0 Å². The number of hydrogen-bond donors (Lipinski definition) is 1. The van der Waals surface area contributed by atoms with Crippen LogP contribution in [0.2, 0.25) is 0 Å². The van der Waals surface area contributed by atoms with E-state index in [1.807, 2.05) is 0 Å². The minimum atomic E-state index is 1.21. The first-order chi connectivity index (χ1) is 6.41. The van der Waals surface area contributed by atoms with Crippen molar-refractivity contribution in [2.45, 2.75) is 65.2 Å². The van der Waals surface area contributed by atoms with Gasteiger partial charge in [0.2, 0.25) is 0 Å². The lowest BCUT2D eigenvalue weighted by molar-refractivity contribution is 0.563. The number of unbranched alkanes of at least 4 members (excludes halogenated alkanes) is 6. The van der Waals surface area contributed by atoms with Crippen molar-refractivity contribution < 1.29 is 0 Å². The largest absolute Gasteiger partial charge is 0.317 e. The van der Waals surface area contributed by atoms with Crippen LogP contribution >= 0.6 is 0 Å². The minimum absolute atomic E-state index is 1.21. The fraction of sp³-hybridized carbons (Fsp3) is 1.00. The Morgan fingerprint density at radius 2 is 1.15 bits per heavy atom. The Hall–Kier alpha value is -0.0400. The van der Waals surface area contributed by atoms with Crippen molar-refractivity contribution in [3.05, 3.63) is 0 Å². The molecular weight excluding hydrogens is 158 g/mol. The van der Waals surface area contributed by atoms with Gasteiger partial charge in [0.25, 0.3) is 0 Å². The van der Waals surface area contributed by atoms with E-state index < -0.39 is 0 Å². The van der Waals surface area contributed by atoms with Crippen molar-refractivity contribution in [2.75, 3.05) is 13.1 Å². The van der Waals surface area contributed by atoms with Crippen LogP contribution in [0.3, 0.4) is 0 Å². The van der Waals surface area contributed by atoms with Crippen molar-refractivity contribution in [3.63, 3.8) is 0 Å². The molecule has 0 atom stereocenters. The zero-order valence-corrected chi connectivity index (χ0v) is 9.57. The monoisotopic (exact) mass is 185 g/mol. The highest BCUT2D eigenvalue weighted by Gasteiger charge is 1.89. The number of hydrogen-bond acceptors (Lipinski definition) is 1. The highest BCUT2D eigenvalue weighted by molar-refractivity contribution is 4.49. The van der Waals surface area contributed by atoms with Crippen LogP contribution in [0, 0.1) is 0 Å². The summed E-state index contributed by atoms with van der Waals surface area (Å²) in [7, 11) is 0. The molecule has 0 aromatic heterocycles. The molecular formula is C12H27N. The third kappa shape index (κ3) is 12.0. The Morgan fingerprint density at radius 1 is 0.615 bits per heavy atom. The predicted molar refractivity (Wildman–Crippen MR) is 61.2 cm³/mol. The van der Waals surface area contributed by atoms with Crippen LogP contribution in [0.5, 0.6) is 0 Å². The maximum absolute atomic E-state index is 3.48. The van der Waals surface area contributed by atoms with Gasteiger partial charge < -0.3 is 5.32 Å². The molecule has 0 rings (SSSR count). The molecule has 0 saturated carbocycles. The molecule has 0 bridgehead atoms. The van der Waals surface area contributed by atoms with Crippen LogP contribution < -0.4 is 5.32 Å². The van der Waals surface area contributed by atoms with Gasteiger partial charge in [0.15, 0.2) is 0 Å². The third-order valence-corrected chi connectivity index (χ3v) is 2.41. The second-order valence-corrected chi connectivity index (χ2v) is 3.87. The molecule has 1 heteroatoms. The number of rotatable bonds is 10. The molecule has 0 saturated heterocycles. The summed E-state index contributed by atoms with van der Waals surface area (Å²) in [6, 6.07) is 0. The summed E-state index contributed by atoms with van der Waals surface area (Å²) < 4.78 is 0. The summed E-state index contributed by atoms with van der Waals surface area (Å²) in [5, 5.41) is 3.48. The average Bonchev–Trinajstić information content (AvgIpc) is 2.16. The third-order valence-electron chi connectivity index (χ3n) is 2.41. The van der Waals surface area contributed by atoms with Crippen molar-refractivity contribution in [1.82, 2.24) is 5.32 Å². The Labute approximate surface area is 84.3 Å². The molecule has 0 aromatic rings. The van der Waals surface area contributed by atoms with E-state index in [0.717, 1.165) is 0 Å². The summed E-state index contributed by atoms with van der Waals surface area (Å²) in [6.45, 7) is 6.95. The molecule has 13 heavy (non-hydrogen) atoms. The normalized spacial score (nSPS) is 10.6. The van der Waals surface area contributed by atoms with E-state index in [-0.39, 0.29) is 0 Å². The smallest absolute Gasteiger partial charge is 0.00489 e. The molecule has 0 spiro atoms. The molecule has 0 aliphatic heterocycles. The van der Waals surface area contributed by atoms with Crippen LogP contribution in [0.1, 0.15) is 65.2 Å². The predicted octanol–water partition coefficient (Wildman–Crippen LogP) is 3.74. The van der Waals surface area contributed by atoms with Crippen molar-refractivity contribution >= 4 is 0 Å². The molecule has 0 aliphatic carbocycles. The second-order valence-electron chi connectivity index (χ2n) is 3.87. The van der Waals surface area contributed by atoms with Gasteiger partial charge in [-0.1, -0.05) is 52.4 Å². The van der Waals surface area contributed by atoms with Gasteiger partial charge in [-0.15, -0.1) is 0 Å². The van der Waals surface area contributed by atoms with Gasteiger partial charge in [-0.05, 0) is 25.9 Å². The average molecular weight is 185 g/mol. The SMILES string of the molecule is CCCCCCCCNCCCC. The molecule has 1 N–H and O–H groups in total. The quantitative estimate of drug-likeness (QED) is 0.511. The molecule has 0 amide bonds. The zero-order chi connectivity index (χ0) is 9.78. The first-order valence-corrected chi connectivity index (χ1v) is 6.12. The zero-order valence-electron chi connectivity index (χ0n) is 9.57. The van der Waals surface area contributed by atoms with Gasteiger partial charge in [-0.25, -0.2) is 0 Å². The fourth-order valence-corrected chi connectivity index (χ4v) is 1.46. The molecule has 0 heterocycles. The summed E-state index contributed by atoms with van der Waals surface area (Å²) in [6.07, 6.45) is 11.1. The maximum Gasteiger partial charge on any atom is -0.00489 e. The van der Waals surface area contributed by atoms with Crippen molar-refractivity contribution in [2.24, 2.45) is 0 Å². The first kappa shape index (κ1) is 13.0. The Kier molecular flexibility index (Phi) is 11.9. The van der Waals surface area contributed by atoms with Gasteiger partial charge in [0, 0.05) is 0 Å². The topological polar surface area (TPSA) is 12.0 Å². The summed E-state index contributed by atoms with van der Waals surface area (Å²) in [5.41, 5.74) is 0. The fourth-order valence-electron chi connectivity index (χ4n) is 1.46. The van der Waals surface area contributed by atoms with Gasteiger partial charge in [0.05, 0.1) is 0 Å².